The predicted octanol–water partition coefficient (Wildman–Crippen LogP) is 8.80. The minimum absolute atomic E-state index is 0.0814. The number of benzene rings is 3. The van der Waals surface area contributed by atoms with Gasteiger partial charge in [0, 0.05) is 5.41 Å². The Labute approximate surface area is 192 Å². The molecule has 3 aromatic carbocycles. The minimum atomic E-state index is -0.0814. The van der Waals surface area contributed by atoms with E-state index < -0.39 is 0 Å². The van der Waals surface area contributed by atoms with E-state index in [0.717, 1.165) is 6.42 Å². The lowest BCUT2D eigenvalue weighted by Gasteiger charge is -2.36. The maximum absolute atomic E-state index is 2.84. The highest BCUT2D eigenvalue weighted by Gasteiger charge is 2.35. The van der Waals surface area contributed by atoms with Gasteiger partial charge in [0.1, 0.15) is 0 Å². The maximum atomic E-state index is 2.84. The molecule has 0 bridgehead atoms. The molecule has 1 heteroatoms. The first-order chi connectivity index (χ1) is 15.4. The van der Waals surface area contributed by atoms with Crippen LogP contribution in [0.3, 0.4) is 0 Å². The van der Waals surface area contributed by atoms with Gasteiger partial charge in [-0.3, -0.25) is 0 Å². The average molecular weight is 431 g/mol. The fourth-order valence-electron chi connectivity index (χ4n) is 4.87. The van der Waals surface area contributed by atoms with Gasteiger partial charge in [0.15, 0.2) is 0 Å². The highest BCUT2D eigenvalue weighted by atomic mass is 31.0. The van der Waals surface area contributed by atoms with Crippen molar-refractivity contribution in [3.05, 3.63) is 108 Å². The number of hydrogen-bond acceptors (Lipinski definition) is 0. The van der Waals surface area contributed by atoms with Crippen molar-refractivity contribution in [2.75, 3.05) is 6.16 Å². The lowest BCUT2D eigenvalue weighted by molar-refractivity contribution is 0.494. The zero-order valence-corrected chi connectivity index (χ0v) is 20.2. The zero-order valence-electron chi connectivity index (χ0n) is 19.0. The third kappa shape index (κ3) is 6.78. The Morgan fingerprint density at radius 2 is 0.742 bits per heavy atom. The van der Waals surface area contributed by atoms with Crippen molar-refractivity contribution in [1.29, 1.82) is 0 Å². The SMILES string of the molecule is PCCCCCCCCCCCC(c1ccccc1)(c1ccccc1)c1ccccc1. The largest absolute Gasteiger partial charge is 0.138 e. The van der Waals surface area contributed by atoms with Gasteiger partial charge in [-0.15, -0.1) is 9.24 Å². The Bertz CT molecular complexity index is 729. The molecule has 0 amide bonds. The molecule has 0 saturated heterocycles. The van der Waals surface area contributed by atoms with E-state index in [1.165, 1.54) is 80.6 Å². The molecule has 3 rings (SSSR count). The first-order valence-electron chi connectivity index (χ1n) is 12.2. The van der Waals surface area contributed by atoms with Crippen LogP contribution in [-0.2, 0) is 5.41 Å². The van der Waals surface area contributed by atoms with Gasteiger partial charge in [-0.2, -0.15) is 0 Å². The maximum Gasteiger partial charge on any atom is 0.0451 e. The van der Waals surface area contributed by atoms with Gasteiger partial charge < -0.3 is 0 Å². The minimum Gasteiger partial charge on any atom is -0.138 e. The van der Waals surface area contributed by atoms with Crippen molar-refractivity contribution >= 4 is 9.24 Å². The molecule has 164 valence electrons. The normalized spacial score (nSPS) is 11.5. The summed E-state index contributed by atoms with van der Waals surface area (Å²) in [6.45, 7) is 0. The van der Waals surface area contributed by atoms with Gasteiger partial charge in [-0.05, 0) is 35.7 Å². The quantitative estimate of drug-likeness (QED) is 0.136. The fraction of sp³-hybridized carbons (Fsp3) is 0.400. The van der Waals surface area contributed by atoms with Crippen LogP contribution in [0.15, 0.2) is 91.0 Å². The lowest BCUT2D eigenvalue weighted by atomic mass is 9.66. The number of rotatable bonds is 14. The van der Waals surface area contributed by atoms with Crippen LogP contribution in [0.2, 0.25) is 0 Å². The Balaban J connectivity index is 1.70. The molecule has 0 heterocycles. The number of unbranched alkanes of at least 4 members (excludes halogenated alkanes) is 8. The number of hydrogen-bond donors (Lipinski definition) is 0. The molecule has 0 spiro atoms. The molecule has 0 fully saturated rings. The van der Waals surface area contributed by atoms with Crippen molar-refractivity contribution in [2.24, 2.45) is 0 Å². The highest BCUT2D eigenvalue weighted by Crippen LogP contribution is 2.43. The van der Waals surface area contributed by atoms with Gasteiger partial charge >= 0.3 is 0 Å². The fourth-order valence-corrected chi connectivity index (χ4v) is 5.16. The molecule has 0 radical (unpaired) electrons. The molecule has 3 aromatic rings. The predicted molar refractivity (Wildman–Crippen MR) is 140 cm³/mol. The summed E-state index contributed by atoms with van der Waals surface area (Å²) in [5, 5.41) is 0. The van der Waals surface area contributed by atoms with E-state index >= 15 is 0 Å². The van der Waals surface area contributed by atoms with Crippen molar-refractivity contribution < 1.29 is 0 Å². The molecule has 1 unspecified atom stereocenters. The van der Waals surface area contributed by atoms with Crippen LogP contribution in [0.5, 0.6) is 0 Å². The summed E-state index contributed by atoms with van der Waals surface area (Å²) >= 11 is 0. The van der Waals surface area contributed by atoms with Crippen molar-refractivity contribution in [1.82, 2.24) is 0 Å². The molecule has 0 saturated carbocycles. The molecule has 31 heavy (non-hydrogen) atoms. The summed E-state index contributed by atoms with van der Waals surface area (Å²) in [6, 6.07) is 33.4. The van der Waals surface area contributed by atoms with Crippen LogP contribution in [0, 0.1) is 0 Å². The monoisotopic (exact) mass is 430 g/mol. The van der Waals surface area contributed by atoms with Crippen LogP contribution < -0.4 is 0 Å². The molecule has 0 aliphatic rings. The van der Waals surface area contributed by atoms with E-state index in [4.69, 9.17) is 0 Å². The molecule has 0 nitrogen and oxygen atoms in total. The van der Waals surface area contributed by atoms with Crippen LogP contribution in [0.4, 0.5) is 0 Å². The summed E-state index contributed by atoms with van der Waals surface area (Å²) in [4.78, 5) is 0. The topological polar surface area (TPSA) is 0 Å². The van der Waals surface area contributed by atoms with Gasteiger partial charge in [0.2, 0.25) is 0 Å². The molecule has 0 aromatic heterocycles. The Morgan fingerprint density at radius 3 is 1.10 bits per heavy atom. The van der Waals surface area contributed by atoms with Crippen molar-refractivity contribution in [3.63, 3.8) is 0 Å². The summed E-state index contributed by atoms with van der Waals surface area (Å²) < 4.78 is 0. The Kier molecular flexibility index (Phi) is 10.3. The third-order valence-electron chi connectivity index (χ3n) is 6.56. The van der Waals surface area contributed by atoms with Crippen LogP contribution in [0.1, 0.15) is 80.9 Å². The third-order valence-corrected chi connectivity index (χ3v) is 6.96. The Morgan fingerprint density at radius 1 is 0.419 bits per heavy atom. The smallest absolute Gasteiger partial charge is 0.0451 e. The standard InChI is InChI=1S/C30H39P/c31-26-18-7-5-3-1-2-4-6-17-25-30(27-19-11-8-12-20-27,28-21-13-9-14-22-28)29-23-15-10-16-24-29/h8-16,19-24H,1-7,17-18,25-26,31H2. The van der Waals surface area contributed by atoms with Crippen LogP contribution in [0.25, 0.3) is 0 Å². The van der Waals surface area contributed by atoms with E-state index in [0.29, 0.717) is 0 Å². The zero-order chi connectivity index (χ0) is 21.6. The average Bonchev–Trinajstić information content (AvgIpc) is 2.84. The highest BCUT2D eigenvalue weighted by molar-refractivity contribution is 7.16. The van der Waals surface area contributed by atoms with Gasteiger partial charge in [-0.25, -0.2) is 0 Å². The summed E-state index contributed by atoms with van der Waals surface area (Å²) in [7, 11) is 2.84. The molecular formula is C30H39P. The summed E-state index contributed by atoms with van der Waals surface area (Å²) in [6.07, 6.45) is 14.7. The van der Waals surface area contributed by atoms with Crippen molar-refractivity contribution in [3.8, 4) is 0 Å². The molecule has 0 N–H and O–H groups in total. The van der Waals surface area contributed by atoms with E-state index in [-0.39, 0.29) is 5.41 Å². The lowest BCUT2D eigenvalue weighted by Crippen LogP contribution is -2.29. The summed E-state index contributed by atoms with van der Waals surface area (Å²) in [5.74, 6) is 0. The van der Waals surface area contributed by atoms with Gasteiger partial charge in [-0.1, -0.05) is 142 Å². The van der Waals surface area contributed by atoms with E-state index in [9.17, 15) is 0 Å². The van der Waals surface area contributed by atoms with Crippen molar-refractivity contribution in [2.45, 2.75) is 69.6 Å². The van der Waals surface area contributed by atoms with E-state index in [1.54, 1.807) is 0 Å². The molecule has 0 aliphatic heterocycles. The van der Waals surface area contributed by atoms with Crippen LogP contribution in [-0.4, -0.2) is 6.16 Å². The molecular weight excluding hydrogens is 391 g/mol. The van der Waals surface area contributed by atoms with Crippen LogP contribution >= 0.6 is 9.24 Å². The second kappa shape index (κ2) is 13.5. The van der Waals surface area contributed by atoms with E-state index in [2.05, 4.69) is 100 Å². The molecule has 0 aliphatic carbocycles. The Hall–Kier alpha value is -1.91. The van der Waals surface area contributed by atoms with Gasteiger partial charge in [0.05, 0.1) is 0 Å². The second-order valence-corrected chi connectivity index (χ2v) is 9.30. The molecule has 1 atom stereocenters. The first kappa shape index (κ1) is 23.7. The van der Waals surface area contributed by atoms with E-state index in [1.807, 2.05) is 0 Å². The summed E-state index contributed by atoms with van der Waals surface area (Å²) in [5.41, 5.74) is 4.13. The second-order valence-electron chi connectivity index (χ2n) is 8.72. The first-order valence-corrected chi connectivity index (χ1v) is 13.1. The van der Waals surface area contributed by atoms with Gasteiger partial charge in [0.25, 0.3) is 0 Å².